The van der Waals surface area contributed by atoms with Crippen molar-refractivity contribution in [1.82, 2.24) is 0 Å². The molecule has 0 spiro atoms. The predicted molar refractivity (Wildman–Crippen MR) is 66.8 cm³/mol. The highest BCUT2D eigenvalue weighted by atomic mass is 16.1. The molecule has 16 heavy (non-hydrogen) atoms. The number of Topliss-reactive ketones (excluding diaryl/α,β-unsaturated/α-hetero) is 1. The molecule has 1 heterocycles. The van der Waals surface area contributed by atoms with Gasteiger partial charge in [-0.05, 0) is 18.1 Å². The quantitative estimate of drug-likeness (QED) is 0.782. The summed E-state index contributed by atoms with van der Waals surface area (Å²) >= 11 is 0. The number of para-hydroxylation sites is 1. The maximum atomic E-state index is 12.4. The number of fused-ring (bicyclic) bond motifs is 1. The van der Waals surface area contributed by atoms with Gasteiger partial charge in [0.15, 0.2) is 0 Å². The number of benzene rings is 1. The molecular weight excluding hydrogens is 198 g/mol. The SMILES string of the molecule is CC(C)(C)C(=O)C1CCNc2ccccc21. The number of hydrogen-bond acceptors (Lipinski definition) is 2. The van der Waals surface area contributed by atoms with Crippen molar-refractivity contribution in [2.45, 2.75) is 33.1 Å². The monoisotopic (exact) mass is 217 g/mol. The van der Waals surface area contributed by atoms with Crippen LogP contribution in [0.1, 0.15) is 38.7 Å². The first-order valence-corrected chi connectivity index (χ1v) is 5.87. The Kier molecular flexibility index (Phi) is 2.75. The Morgan fingerprint density at radius 3 is 2.69 bits per heavy atom. The topological polar surface area (TPSA) is 29.1 Å². The molecule has 0 saturated heterocycles. The summed E-state index contributed by atoms with van der Waals surface area (Å²) in [6.45, 7) is 6.89. The van der Waals surface area contributed by atoms with Crippen LogP contribution in [0.3, 0.4) is 0 Å². The van der Waals surface area contributed by atoms with Crippen molar-refractivity contribution >= 4 is 11.5 Å². The standard InChI is InChI=1S/C14H19NO/c1-14(2,3)13(16)11-8-9-15-12-7-5-4-6-10(11)12/h4-7,11,15H,8-9H2,1-3H3. The van der Waals surface area contributed by atoms with E-state index in [1.807, 2.05) is 32.9 Å². The maximum absolute atomic E-state index is 12.4. The molecule has 0 fully saturated rings. The summed E-state index contributed by atoms with van der Waals surface area (Å²) in [5.74, 6) is 0.416. The Hall–Kier alpha value is -1.31. The van der Waals surface area contributed by atoms with Crippen LogP contribution in [0.4, 0.5) is 5.69 Å². The number of nitrogens with one attached hydrogen (secondary N) is 1. The van der Waals surface area contributed by atoms with E-state index in [0.29, 0.717) is 5.78 Å². The average molecular weight is 217 g/mol. The van der Waals surface area contributed by atoms with Crippen molar-refractivity contribution < 1.29 is 4.79 Å². The van der Waals surface area contributed by atoms with E-state index in [0.717, 1.165) is 24.2 Å². The summed E-state index contributed by atoms with van der Waals surface area (Å²) in [6, 6.07) is 8.14. The molecule has 0 aliphatic carbocycles. The van der Waals surface area contributed by atoms with E-state index < -0.39 is 0 Å². The van der Waals surface area contributed by atoms with E-state index in [1.54, 1.807) is 0 Å². The summed E-state index contributed by atoms with van der Waals surface area (Å²) in [7, 11) is 0. The van der Waals surface area contributed by atoms with Crippen LogP contribution in [0.25, 0.3) is 0 Å². The fourth-order valence-corrected chi connectivity index (χ4v) is 2.26. The highest BCUT2D eigenvalue weighted by molar-refractivity contribution is 5.92. The van der Waals surface area contributed by atoms with E-state index in [4.69, 9.17) is 0 Å². The fraction of sp³-hybridized carbons (Fsp3) is 0.500. The molecule has 1 unspecified atom stereocenters. The lowest BCUT2D eigenvalue weighted by Crippen LogP contribution is -2.31. The zero-order valence-electron chi connectivity index (χ0n) is 10.2. The molecule has 86 valence electrons. The molecular formula is C14H19NO. The molecule has 1 aliphatic rings. The van der Waals surface area contributed by atoms with E-state index in [2.05, 4.69) is 17.4 Å². The van der Waals surface area contributed by atoms with E-state index in [1.165, 1.54) is 0 Å². The zero-order valence-corrected chi connectivity index (χ0v) is 10.2. The molecule has 1 aromatic carbocycles. The summed E-state index contributed by atoms with van der Waals surface area (Å²) < 4.78 is 0. The van der Waals surface area contributed by atoms with Crippen molar-refractivity contribution in [2.75, 3.05) is 11.9 Å². The van der Waals surface area contributed by atoms with Crippen LogP contribution in [0.5, 0.6) is 0 Å². The molecule has 0 bridgehead atoms. The highest BCUT2D eigenvalue weighted by Gasteiger charge is 2.33. The van der Waals surface area contributed by atoms with Crippen LogP contribution < -0.4 is 5.32 Å². The Balaban J connectivity index is 2.36. The second-order valence-corrected chi connectivity index (χ2v) is 5.47. The minimum atomic E-state index is -0.255. The molecule has 0 radical (unpaired) electrons. The molecule has 1 aliphatic heterocycles. The van der Waals surface area contributed by atoms with Crippen molar-refractivity contribution in [3.8, 4) is 0 Å². The minimum absolute atomic E-state index is 0.0671. The lowest BCUT2D eigenvalue weighted by atomic mass is 9.77. The number of rotatable bonds is 1. The summed E-state index contributed by atoms with van der Waals surface area (Å²) in [6.07, 6.45) is 0.910. The van der Waals surface area contributed by atoms with Gasteiger partial charge in [-0.3, -0.25) is 4.79 Å². The molecule has 0 saturated carbocycles. The van der Waals surface area contributed by atoms with Gasteiger partial charge in [-0.1, -0.05) is 39.0 Å². The van der Waals surface area contributed by atoms with Crippen molar-refractivity contribution in [3.63, 3.8) is 0 Å². The molecule has 2 heteroatoms. The molecule has 0 aromatic heterocycles. The number of carbonyl (C=O) groups is 1. The van der Waals surface area contributed by atoms with Crippen LogP contribution >= 0.6 is 0 Å². The Labute approximate surface area is 97.1 Å². The second kappa shape index (κ2) is 3.93. The number of anilines is 1. The van der Waals surface area contributed by atoms with E-state index in [-0.39, 0.29) is 11.3 Å². The lowest BCUT2D eigenvalue weighted by molar-refractivity contribution is -0.128. The van der Waals surface area contributed by atoms with Crippen molar-refractivity contribution in [3.05, 3.63) is 29.8 Å². The van der Waals surface area contributed by atoms with E-state index >= 15 is 0 Å². The molecule has 1 N–H and O–H groups in total. The third-order valence-corrected chi connectivity index (χ3v) is 3.14. The van der Waals surface area contributed by atoms with Gasteiger partial charge in [0, 0.05) is 23.6 Å². The third kappa shape index (κ3) is 1.97. The van der Waals surface area contributed by atoms with E-state index in [9.17, 15) is 4.79 Å². The Morgan fingerprint density at radius 2 is 2.00 bits per heavy atom. The second-order valence-electron chi connectivity index (χ2n) is 5.47. The molecule has 0 amide bonds. The van der Waals surface area contributed by atoms with Crippen molar-refractivity contribution in [2.24, 2.45) is 5.41 Å². The zero-order chi connectivity index (χ0) is 11.8. The van der Waals surface area contributed by atoms with Crippen LogP contribution in [0.15, 0.2) is 24.3 Å². The first-order valence-electron chi connectivity index (χ1n) is 5.87. The van der Waals surface area contributed by atoms with Gasteiger partial charge < -0.3 is 5.32 Å². The number of carbonyl (C=O) groups excluding carboxylic acids is 1. The highest BCUT2D eigenvalue weighted by Crippen LogP contribution is 2.36. The van der Waals surface area contributed by atoms with Gasteiger partial charge in [-0.15, -0.1) is 0 Å². The third-order valence-electron chi connectivity index (χ3n) is 3.14. The summed E-state index contributed by atoms with van der Waals surface area (Å²) in [4.78, 5) is 12.4. The molecule has 1 aromatic rings. The summed E-state index contributed by atoms with van der Waals surface area (Å²) in [5, 5.41) is 3.35. The molecule has 1 atom stereocenters. The van der Waals surface area contributed by atoms with Crippen LogP contribution in [-0.2, 0) is 4.79 Å². The Bertz CT molecular complexity index is 403. The van der Waals surface area contributed by atoms with Gasteiger partial charge in [0.25, 0.3) is 0 Å². The summed E-state index contributed by atoms with van der Waals surface area (Å²) in [5.41, 5.74) is 2.03. The van der Waals surface area contributed by atoms with Gasteiger partial charge >= 0.3 is 0 Å². The van der Waals surface area contributed by atoms with Crippen LogP contribution in [-0.4, -0.2) is 12.3 Å². The largest absolute Gasteiger partial charge is 0.385 e. The van der Waals surface area contributed by atoms with Crippen LogP contribution in [0, 0.1) is 5.41 Å². The first kappa shape index (κ1) is 11.2. The Morgan fingerprint density at radius 1 is 1.31 bits per heavy atom. The maximum Gasteiger partial charge on any atom is 0.145 e. The smallest absolute Gasteiger partial charge is 0.145 e. The van der Waals surface area contributed by atoms with Crippen molar-refractivity contribution in [1.29, 1.82) is 0 Å². The first-order chi connectivity index (χ1) is 7.50. The minimum Gasteiger partial charge on any atom is -0.385 e. The van der Waals surface area contributed by atoms with Crippen LogP contribution in [0.2, 0.25) is 0 Å². The predicted octanol–water partition coefficient (Wildman–Crippen LogP) is 3.20. The number of ketones is 1. The molecule has 2 nitrogen and oxygen atoms in total. The lowest BCUT2D eigenvalue weighted by Gasteiger charge is -2.30. The van der Waals surface area contributed by atoms with Gasteiger partial charge in [0.2, 0.25) is 0 Å². The normalized spacial score (nSPS) is 19.8. The van der Waals surface area contributed by atoms with Gasteiger partial charge in [-0.2, -0.15) is 0 Å². The van der Waals surface area contributed by atoms with Gasteiger partial charge in [-0.25, -0.2) is 0 Å². The van der Waals surface area contributed by atoms with Gasteiger partial charge in [0.05, 0.1) is 0 Å². The molecule has 2 rings (SSSR count). The fourth-order valence-electron chi connectivity index (χ4n) is 2.26. The number of hydrogen-bond donors (Lipinski definition) is 1. The average Bonchev–Trinajstić information content (AvgIpc) is 2.26. The van der Waals surface area contributed by atoms with Gasteiger partial charge in [0.1, 0.15) is 5.78 Å².